The third kappa shape index (κ3) is 4.44. The number of amides is 2. The fraction of sp³-hybridized carbons (Fsp3) is 0.882. The number of carbonyl (C=O) groups is 2. The Kier molecular flexibility index (Phi) is 6.41. The maximum Gasteiger partial charge on any atom is 0.241 e. The quantitative estimate of drug-likeness (QED) is 0.780. The number of ether oxygens (including phenoxy) is 1. The standard InChI is InChI=1S/C17H31N3O3/c1-19(2)15(21)11-20(7-8-23-3)17(22)14-9-12-5-4-6-13(10-14)16(12)18/h12-14,16H,4-11,18H2,1-3H3. The molecule has 0 heterocycles. The summed E-state index contributed by atoms with van der Waals surface area (Å²) in [6.45, 7) is 1.05. The molecule has 2 saturated carbocycles. The summed E-state index contributed by atoms with van der Waals surface area (Å²) in [5.74, 6) is 0.982. The Morgan fingerprint density at radius 1 is 1.17 bits per heavy atom. The summed E-state index contributed by atoms with van der Waals surface area (Å²) in [7, 11) is 5.04. The first-order valence-electron chi connectivity index (χ1n) is 8.67. The van der Waals surface area contributed by atoms with Gasteiger partial charge in [-0.25, -0.2) is 0 Å². The number of nitrogens with two attached hydrogens (primary N) is 1. The first-order valence-corrected chi connectivity index (χ1v) is 8.67. The van der Waals surface area contributed by atoms with E-state index in [0.717, 1.165) is 25.7 Å². The van der Waals surface area contributed by atoms with Crippen LogP contribution in [-0.2, 0) is 14.3 Å². The van der Waals surface area contributed by atoms with Gasteiger partial charge >= 0.3 is 0 Å². The van der Waals surface area contributed by atoms with Crippen LogP contribution in [0.5, 0.6) is 0 Å². The van der Waals surface area contributed by atoms with Crippen LogP contribution < -0.4 is 5.73 Å². The van der Waals surface area contributed by atoms with Gasteiger partial charge in [-0.1, -0.05) is 6.42 Å². The lowest BCUT2D eigenvalue weighted by Gasteiger charge is -2.44. The van der Waals surface area contributed by atoms with E-state index in [0.29, 0.717) is 25.0 Å². The molecule has 0 radical (unpaired) electrons. The predicted molar refractivity (Wildman–Crippen MR) is 88.7 cm³/mol. The smallest absolute Gasteiger partial charge is 0.241 e. The second-order valence-electron chi connectivity index (χ2n) is 7.24. The van der Waals surface area contributed by atoms with Crippen LogP contribution in [0.1, 0.15) is 32.1 Å². The molecule has 2 aliphatic carbocycles. The van der Waals surface area contributed by atoms with Crippen molar-refractivity contribution in [3.8, 4) is 0 Å². The van der Waals surface area contributed by atoms with Gasteiger partial charge in [-0.15, -0.1) is 0 Å². The van der Waals surface area contributed by atoms with Crippen LogP contribution in [0.15, 0.2) is 0 Å². The molecule has 2 bridgehead atoms. The number of methoxy groups -OCH3 is 1. The molecule has 0 aliphatic heterocycles. The molecule has 2 fully saturated rings. The molecule has 0 aromatic rings. The third-order valence-electron chi connectivity index (χ3n) is 5.46. The zero-order valence-electron chi connectivity index (χ0n) is 14.7. The van der Waals surface area contributed by atoms with Crippen LogP contribution in [0.2, 0.25) is 0 Å². The minimum Gasteiger partial charge on any atom is -0.383 e. The Morgan fingerprint density at radius 3 is 2.30 bits per heavy atom. The first kappa shape index (κ1) is 18.2. The van der Waals surface area contributed by atoms with Gasteiger partial charge in [-0.2, -0.15) is 0 Å². The second kappa shape index (κ2) is 8.11. The number of hydrogen-bond acceptors (Lipinski definition) is 4. The van der Waals surface area contributed by atoms with Crippen LogP contribution in [0.4, 0.5) is 0 Å². The molecule has 2 rings (SSSR count). The average molecular weight is 325 g/mol. The fourth-order valence-electron chi connectivity index (χ4n) is 4.02. The van der Waals surface area contributed by atoms with Gasteiger partial charge in [0.2, 0.25) is 11.8 Å². The van der Waals surface area contributed by atoms with Gasteiger partial charge in [0, 0.05) is 39.7 Å². The maximum absolute atomic E-state index is 13.0. The SMILES string of the molecule is COCCN(CC(=O)N(C)C)C(=O)C1CC2CCCC(C1)C2N. The molecule has 2 unspecified atom stereocenters. The molecule has 2 aliphatic rings. The topological polar surface area (TPSA) is 75.9 Å². The van der Waals surface area contributed by atoms with E-state index in [2.05, 4.69) is 0 Å². The zero-order chi connectivity index (χ0) is 17.0. The van der Waals surface area contributed by atoms with Gasteiger partial charge in [0.25, 0.3) is 0 Å². The van der Waals surface area contributed by atoms with Gasteiger partial charge in [0.1, 0.15) is 0 Å². The van der Waals surface area contributed by atoms with E-state index in [-0.39, 0.29) is 30.3 Å². The molecule has 0 spiro atoms. The van der Waals surface area contributed by atoms with E-state index in [1.54, 1.807) is 26.1 Å². The Hall–Kier alpha value is -1.14. The van der Waals surface area contributed by atoms with Crippen LogP contribution in [-0.4, -0.2) is 68.6 Å². The first-order chi connectivity index (χ1) is 10.9. The third-order valence-corrected chi connectivity index (χ3v) is 5.46. The van der Waals surface area contributed by atoms with Crippen molar-refractivity contribution in [2.45, 2.75) is 38.1 Å². The summed E-state index contributed by atoms with van der Waals surface area (Å²) in [5, 5.41) is 0. The van der Waals surface area contributed by atoms with Crippen LogP contribution in [0, 0.1) is 17.8 Å². The summed E-state index contributed by atoms with van der Waals surface area (Å²) in [6.07, 6.45) is 5.25. The maximum atomic E-state index is 13.0. The number of nitrogens with zero attached hydrogens (tertiary/aromatic N) is 2. The van der Waals surface area contributed by atoms with E-state index in [4.69, 9.17) is 10.5 Å². The van der Waals surface area contributed by atoms with Gasteiger partial charge < -0.3 is 20.3 Å². The van der Waals surface area contributed by atoms with Crippen LogP contribution in [0.3, 0.4) is 0 Å². The Morgan fingerprint density at radius 2 is 1.78 bits per heavy atom. The Bertz CT molecular complexity index is 413. The minimum absolute atomic E-state index is 0.0110. The molecule has 2 atom stereocenters. The van der Waals surface area contributed by atoms with E-state index < -0.39 is 0 Å². The van der Waals surface area contributed by atoms with Crippen molar-refractivity contribution in [1.82, 2.24) is 9.80 Å². The summed E-state index contributed by atoms with van der Waals surface area (Å²) in [4.78, 5) is 28.2. The number of likely N-dealkylation sites (N-methyl/N-ethyl adjacent to an activating group) is 1. The lowest BCUT2D eigenvalue weighted by Crippen LogP contribution is -2.51. The zero-order valence-corrected chi connectivity index (χ0v) is 14.7. The van der Waals surface area contributed by atoms with E-state index in [9.17, 15) is 9.59 Å². The van der Waals surface area contributed by atoms with Crippen molar-refractivity contribution >= 4 is 11.8 Å². The molecule has 0 aromatic heterocycles. The van der Waals surface area contributed by atoms with Gasteiger partial charge in [0.15, 0.2) is 0 Å². The summed E-state index contributed by atoms with van der Waals surface area (Å²) < 4.78 is 5.10. The number of carbonyl (C=O) groups excluding carboxylic acids is 2. The van der Waals surface area contributed by atoms with Crippen molar-refractivity contribution in [2.75, 3.05) is 40.9 Å². The largest absolute Gasteiger partial charge is 0.383 e. The van der Waals surface area contributed by atoms with Crippen molar-refractivity contribution in [3.63, 3.8) is 0 Å². The monoisotopic (exact) mass is 325 g/mol. The molecule has 23 heavy (non-hydrogen) atoms. The lowest BCUT2D eigenvalue weighted by molar-refractivity contribution is -0.144. The molecular formula is C17H31N3O3. The van der Waals surface area contributed by atoms with Crippen LogP contribution in [0.25, 0.3) is 0 Å². The van der Waals surface area contributed by atoms with E-state index in [1.165, 1.54) is 11.3 Å². The van der Waals surface area contributed by atoms with Gasteiger partial charge in [0.05, 0.1) is 13.2 Å². The highest BCUT2D eigenvalue weighted by atomic mass is 16.5. The van der Waals surface area contributed by atoms with Crippen molar-refractivity contribution < 1.29 is 14.3 Å². The molecule has 0 saturated heterocycles. The number of hydrogen-bond donors (Lipinski definition) is 1. The van der Waals surface area contributed by atoms with E-state index >= 15 is 0 Å². The Labute approximate surface area is 139 Å². The molecule has 132 valence electrons. The number of fused-ring (bicyclic) bond motifs is 2. The summed E-state index contributed by atoms with van der Waals surface area (Å²) >= 11 is 0. The number of rotatable bonds is 6. The van der Waals surface area contributed by atoms with E-state index in [1.807, 2.05) is 0 Å². The molecule has 6 nitrogen and oxygen atoms in total. The highest BCUT2D eigenvalue weighted by molar-refractivity contribution is 5.85. The summed E-state index contributed by atoms with van der Waals surface area (Å²) in [6, 6.07) is 0.253. The normalized spacial score (nSPS) is 29.9. The second-order valence-corrected chi connectivity index (χ2v) is 7.24. The van der Waals surface area contributed by atoms with Crippen molar-refractivity contribution in [2.24, 2.45) is 23.5 Å². The fourth-order valence-corrected chi connectivity index (χ4v) is 4.02. The predicted octanol–water partition coefficient (Wildman–Crippen LogP) is 0.703. The molecule has 6 heteroatoms. The van der Waals surface area contributed by atoms with Crippen molar-refractivity contribution in [1.29, 1.82) is 0 Å². The molecule has 0 aromatic carbocycles. The molecular weight excluding hydrogens is 294 g/mol. The Balaban J connectivity index is 2.02. The van der Waals surface area contributed by atoms with Gasteiger partial charge in [-0.05, 0) is 37.5 Å². The summed E-state index contributed by atoms with van der Waals surface area (Å²) in [5.41, 5.74) is 6.32. The van der Waals surface area contributed by atoms with Gasteiger partial charge in [-0.3, -0.25) is 9.59 Å². The highest BCUT2D eigenvalue weighted by Crippen LogP contribution is 2.42. The lowest BCUT2D eigenvalue weighted by atomic mass is 9.65. The van der Waals surface area contributed by atoms with Crippen LogP contribution >= 0.6 is 0 Å². The molecule has 2 amide bonds. The average Bonchev–Trinajstić information content (AvgIpc) is 2.50. The minimum atomic E-state index is -0.0536. The highest BCUT2D eigenvalue weighted by Gasteiger charge is 2.41. The molecule has 2 N–H and O–H groups in total. The van der Waals surface area contributed by atoms with Crippen molar-refractivity contribution in [3.05, 3.63) is 0 Å².